The van der Waals surface area contributed by atoms with Crippen molar-refractivity contribution in [1.82, 2.24) is 29.5 Å². The van der Waals surface area contributed by atoms with Gasteiger partial charge in [-0.1, -0.05) is 18.9 Å². The number of likely N-dealkylation sites (tertiary alicyclic amines) is 1. The van der Waals surface area contributed by atoms with Crippen LogP contribution >= 0.6 is 0 Å². The molecule has 3 aromatic carbocycles. The molecule has 10 nitrogen and oxygen atoms in total. The predicted octanol–water partition coefficient (Wildman–Crippen LogP) is 6.20. The van der Waals surface area contributed by atoms with Gasteiger partial charge in [-0.2, -0.15) is 15.1 Å². The van der Waals surface area contributed by atoms with E-state index in [1.54, 1.807) is 44.0 Å². The van der Waals surface area contributed by atoms with Gasteiger partial charge in [0.25, 0.3) is 5.92 Å². The molecule has 0 amide bonds. The molecule has 1 saturated carbocycles. The summed E-state index contributed by atoms with van der Waals surface area (Å²) in [5.41, 5.74) is -1.32. The number of ether oxygens (including phenoxy) is 2. The second-order valence-corrected chi connectivity index (χ2v) is 15.7. The van der Waals surface area contributed by atoms with Crippen molar-refractivity contribution in [2.24, 2.45) is 18.4 Å². The number of phenols is 1. The highest BCUT2D eigenvalue weighted by Gasteiger charge is 2.71. The third-order valence-electron chi connectivity index (χ3n) is 11.2. The van der Waals surface area contributed by atoms with Gasteiger partial charge in [-0.25, -0.2) is 17.6 Å². The molecule has 2 bridgehead atoms. The lowest BCUT2D eigenvalue weighted by Gasteiger charge is -2.43. The van der Waals surface area contributed by atoms with Crippen LogP contribution in [0.2, 0.25) is 0 Å². The standard InChI is InChI=1S/C40H43F4N7O3/c1-7-27-30(41)11-8-23-12-26(52)13-28(31(23)27)32-34(42)36-33(29-17-49(5)47-35(29)32)37(46-38(45-36)54-21-39(20-48(3)4)19-40(39,43)44)51-24-9-10-25(51)16-50(15-24)14-22(2)18-53-6/h1,8,11-13,17,22,24-25,52H,9-10,14-16,18-21H2,2-6H3/t22?,24-,25+,39-/m1/s1. The number of halogens is 4. The molecule has 8 rings (SSSR count). The van der Waals surface area contributed by atoms with Gasteiger partial charge in [-0.15, -0.1) is 6.42 Å². The second kappa shape index (κ2) is 13.2. The van der Waals surface area contributed by atoms with E-state index in [1.807, 2.05) is 0 Å². The van der Waals surface area contributed by atoms with Crippen LogP contribution in [0, 0.1) is 35.3 Å². The van der Waals surface area contributed by atoms with Gasteiger partial charge in [0.05, 0.1) is 16.4 Å². The van der Waals surface area contributed by atoms with Gasteiger partial charge in [0, 0.05) is 88.0 Å². The quantitative estimate of drug-likeness (QED) is 0.125. The van der Waals surface area contributed by atoms with E-state index in [-0.39, 0.29) is 76.5 Å². The lowest BCUT2D eigenvalue weighted by atomic mass is 9.91. The topological polar surface area (TPSA) is 92.0 Å². The number of hydrogen-bond donors (Lipinski definition) is 1. The van der Waals surface area contributed by atoms with E-state index in [1.165, 1.54) is 24.3 Å². The number of nitrogens with zero attached hydrogens (tertiary/aromatic N) is 7. The molecule has 54 heavy (non-hydrogen) atoms. The number of aromatic hydroxyl groups is 1. The van der Waals surface area contributed by atoms with Gasteiger partial charge in [0.1, 0.15) is 35.0 Å². The van der Waals surface area contributed by atoms with E-state index < -0.39 is 23.0 Å². The van der Waals surface area contributed by atoms with Crippen LogP contribution in [0.4, 0.5) is 23.4 Å². The van der Waals surface area contributed by atoms with E-state index in [0.717, 1.165) is 32.5 Å². The number of piperazine rings is 1. The Morgan fingerprint density at radius 3 is 2.46 bits per heavy atom. The third kappa shape index (κ3) is 5.97. The maximum Gasteiger partial charge on any atom is 0.319 e. The summed E-state index contributed by atoms with van der Waals surface area (Å²) in [5, 5.41) is 17.1. The van der Waals surface area contributed by atoms with E-state index >= 15 is 8.78 Å². The Kier molecular flexibility index (Phi) is 8.90. The number of aromatic nitrogens is 4. The Balaban J connectivity index is 1.35. The highest BCUT2D eigenvalue weighted by atomic mass is 19.3. The number of hydrogen-bond acceptors (Lipinski definition) is 9. The predicted molar refractivity (Wildman–Crippen MR) is 199 cm³/mol. The van der Waals surface area contributed by atoms with Crippen molar-refractivity contribution in [3.63, 3.8) is 0 Å². The van der Waals surface area contributed by atoms with E-state index in [9.17, 15) is 13.9 Å². The average Bonchev–Trinajstić information content (AvgIpc) is 3.29. The summed E-state index contributed by atoms with van der Waals surface area (Å²) in [7, 11) is 6.86. The Morgan fingerprint density at radius 1 is 1.09 bits per heavy atom. The summed E-state index contributed by atoms with van der Waals surface area (Å²) in [6, 6.07) is 5.28. The number of methoxy groups -OCH3 is 1. The minimum Gasteiger partial charge on any atom is -0.508 e. The average molecular weight is 746 g/mol. The summed E-state index contributed by atoms with van der Waals surface area (Å²) in [4.78, 5) is 15.9. The molecule has 1 N–H and O–H groups in total. The van der Waals surface area contributed by atoms with Crippen molar-refractivity contribution in [1.29, 1.82) is 0 Å². The molecule has 0 radical (unpaired) electrons. The molecule has 2 saturated heterocycles. The molecule has 4 atom stereocenters. The van der Waals surface area contributed by atoms with Crippen molar-refractivity contribution >= 4 is 38.4 Å². The van der Waals surface area contributed by atoms with Gasteiger partial charge in [-0.3, -0.25) is 9.58 Å². The first kappa shape index (κ1) is 36.3. The van der Waals surface area contributed by atoms with Crippen LogP contribution in [0.25, 0.3) is 43.7 Å². The van der Waals surface area contributed by atoms with Gasteiger partial charge in [-0.05, 0) is 62.0 Å². The summed E-state index contributed by atoms with van der Waals surface area (Å²) < 4.78 is 75.6. The molecule has 1 aliphatic carbocycles. The minimum atomic E-state index is -2.94. The molecule has 284 valence electrons. The number of aryl methyl sites for hydroxylation is 1. The van der Waals surface area contributed by atoms with Crippen LogP contribution in [-0.2, 0) is 11.8 Å². The molecule has 0 spiro atoms. The molecule has 3 fully saturated rings. The number of benzene rings is 3. The number of phenolic OH excluding ortho intramolecular Hbond substituents is 1. The maximum atomic E-state index is 17.7. The molecule has 4 heterocycles. The van der Waals surface area contributed by atoms with Crippen molar-refractivity contribution in [3.8, 4) is 35.2 Å². The van der Waals surface area contributed by atoms with Gasteiger partial charge < -0.3 is 24.4 Å². The Morgan fingerprint density at radius 2 is 1.81 bits per heavy atom. The zero-order chi connectivity index (χ0) is 38.3. The lowest BCUT2D eigenvalue weighted by molar-refractivity contribution is 0.0288. The number of terminal acetylenes is 1. The molecular weight excluding hydrogens is 702 g/mol. The molecule has 2 aromatic heterocycles. The van der Waals surface area contributed by atoms with Crippen molar-refractivity contribution in [2.45, 2.75) is 44.2 Å². The minimum absolute atomic E-state index is 0.0305. The smallest absolute Gasteiger partial charge is 0.319 e. The number of alkyl halides is 2. The third-order valence-corrected chi connectivity index (χ3v) is 11.2. The Labute approximate surface area is 310 Å². The van der Waals surface area contributed by atoms with E-state index in [2.05, 4.69) is 27.6 Å². The molecule has 5 aromatic rings. The van der Waals surface area contributed by atoms with Crippen molar-refractivity contribution < 1.29 is 32.1 Å². The van der Waals surface area contributed by atoms with Gasteiger partial charge >= 0.3 is 6.01 Å². The van der Waals surface area contributed by atoms with Crippen molar-refractivity contribution in [2.75, 3.05) is 65.5 Å². The summed E-state index contributed by atoms with van der Waals surface area (Å²) in [5.74, 6) is -1.44. The number of anilines is 1. The first-order chi connectivity index (χ1) is 25.7. The molecule has 2 aliphatic heterocycles. The van der Waals surface area contributed by atoms with Crippen LogP contribution in [-0.4, -0.2) is 113 Å². The Bertz CT molecular complexity index is 2330. The van der Waals surface area contributed by atoms with Crippen molar-refractivity contribution in [3.05, 3.63) is 47.7 Å². The normalized spacial score (nSPS) is 22.8. The molecular formula is C40H43F4N7O3. The van der Waals surface area contributed by atoms with Crippen LogP contribution in [0.15, 0.2) is 30.5 Å². The molecule has 3 aliphatic rings. The SMILES string of the molecule is C#Cc1c(F)ccc2cc(O)cc(-c3c(F)c4nc(OC[C@]5(CN(C)C)CC5(F)F)nc(N5[C@@H]6CC[C@H]5CN(CC(C)COC)C6)c4c4cn(C)nc34)c12. The summed E-state index contributed by atoms with van der Waals surface area (Å²) in [6.45, 7) is 4.87. The number of fused-ring (bicyclic) bond motifs is 6. The van der Waals surface area contributed by atoms with Crippen LogP contribution in [0.3, 0.4) is 0 Å². The van der Waals surface area contributed by atoms with E-state index in [4.69, 9.17) is 26.0 Å². The van der Waals surface area contributed by atoms with Crippen LogP contribution in [0.1, 0.15) is 31.7 Å². The maximum absolute atomic E-state index is 17.7. The Hall–Kier alpha value is -4.71. The fraction of sp³-hybridized carbons (Fsp3) is 0.475. The lowest BCUT2D eigenvalue weighted by Crippen LogP contribution is -2.55. The highest BCUT2D eigenvalue weighted by Crippen LogP contribution is 2.60. The van der Waals surface area contributed by atoms with E-state index in [0.29, 0.717) is 34.5 Å². The largest absolute Gasteiger partial charge is 0.508 e. The molecule has 14 heteroatoms. The van der Waals surface area contributed by atoms with Gasteiger partial charge in [0.15, 0.2) is 5.82 Å². The van der Waals surface area contributed by atoms with Crippen LogP contribution in [0.5, 0.6) is 11.8 Å². The second-order valence-electron chi connectivity index (χ2n) is 15.7. The highest BCUT2D eigenvalue weighted by molar-refractivity contribution is 6.18. The fourth-order valence-corrected chi connectivity index (χ4v) is 9.00. The number of rotatable bonds is 11. The monoisotopic (exact) mass is 745 g/mol. The fourth-order valence-electron chi connectivity index (χ4n) is 9.00. The first-order valence-electron chi connectivity index (χ1n) is 18.2. The van der Waals surface area contributed by atoms with Gasteiger partial charge in [0.2, 0.25) is 0 Å². The molecule has 1 unspecified atom stereocenters. The zero-order valence-corrected chi connectivity index (χ0v) is 31.0. The zero-order valence-electron chi connectivity index (χ0n) is 31.0. The summed E-state index contributed by atoms with van der Waals surface area (Å²) in [6.07, 6.45) is 8.97. The first-order valence-corrected chi connectivity index (χ1v) is 18.2. The van der Waals surface area contributed by atoms with Crippen LogP contribution < -0.4 is 9.64 Å². The summed E-state index contributed by atoms with van der Waals surface area (Å²) >= 11 is 0.